The van der Waals surface area contributed by atoms with Gasteiger partial charge in [-0.25, -0.2) is 0 Å². The van der Waals surface area contributed by atoms with Crippen molar-refractivity contribution in [2.75, 3.05) is 6.54 Å². The first-order chi connectivity index (χ1) is 10.2. The van der Waals surface area contributed by atoms with Gasteiger partial charge in [-0.1, -0.05) is 17.3 Å². The van der Waals surface area contributed by atoms with Crippen LogP contribution in [0.3, 0.4) is 0 Å². The highest BCUT2D eigenvalue weighted by atomic mass is 16.5. The van der Waals surface area contributed by atoms with Gasteiger partial charge in [-0.3, -0.25) is 9.59 Å². The zero-order valence-electron chi connectivity index (χ0n) is 11.6. The van der Waals surface area contributed by atoms with E-state index >= 15 is 0 Å². The van der Waals surface area contributed by atoms with E-state index in [-0.39, 0.29) is 18.2 Å². The summed E-state index contributed by atoms with van der Waals surface area (Å²) in [5, 5.41) is 10.3. The quantitative estimate of drug-likeness (QED) is 0.887. The Morgan fingerprint density at radius 3 is 3.14 bits per heavy atom. The van der Waals surface area contributed by atoms with Crippen LogP contribution in [0.5, 0.6) is 0 Å². The highest BCUT2D eigenvalue weighted by molar-refractivity contribution is 5.90. The first kappa shape index (κ1) is 13.6. The molecule has 1 fully saturated rings. The lowest BCUT2D eigenvalue weighted by molar-refractivity contribution is -0.128. The average Bonchev–Trinajstić information content (AvgIpc) is 2.77. The number of carbonyl (C=O) groups excluding carboxylic acids is 2. The van der Waals surface area contributed by atoms with Crippen LogP contribution in [0.1, 0.15) is 25.0 Å². The van der Waals surface area contributed by atoms with Crippen LogP contribution >= 0.6 is 0 Å². The molecule has 0 saturated carbocycles. The van der Waals surface area contributed by atoms with E-state index in [1.807, 2.05) is 24.3 Å². The number of hydrogen-bond acceptors (Lipinski definition) is 4. The van der Waals surface area contributed by atoms with E-state index in [0.29, 0.717) is 24.2 Å². The maximum absolute atomic E-state index is 12.1. The van der Waals surface area contributed by atoms with Crippen molar-refractivity contribution in [3.8, 4) is 0 Å². The Bertz CT molecular complexity index is 665. The van der Waals surface area contributed by atoms with Gasteiger partial charge < -0.3 is 15.2 Å². The summed E-state index contributed by atoms with van der Waals surface area (Å²) in [5.74, 6) is -0.318. The zero-order valence-corrected chi connectivity index (χ0v) is 11.6. The normalized spacial score (nSPS) is 19.0. The molecule has 1 atom stereocenters. The number of nitrogens with one attached hydrogen (secondary N) is 2. The second-order valence-electron chi connectivity index (χ2n) is 5.21. The minimum atomic E-state index is -0.446. The average molecular weight is 287 g/mol. The van der Waals surface area contributed by atoms with Crippen molar-refractivity contribution in [3.05, 3.63) is 30.0 Å². The summed E-state index contributed by atoms with van der Waals surface area (Å²) >= 11 is 0. The van der Waals surface area contributed by atoms with Crippen LogP contribution in [0.4, 0.5) is 0 Å². The van der Waals surface area contributed by atoms with Crippen LogP contribution in [0, 0.1) is 0 Å². The SMILES string of the molecule is O=C(Cc1noc2ccccc12)N[C@H]1CCCCNC1=O. The lowest BCUT2D eigenvalue weighted by Gasteiger charge is -2.14. The van der Waals surface area contributed by atoms with Crippen LogP contribution in [0.2, 0.25) is 0 Å². The summed E-state index contributed by atoms with van der Waals surface area (Å²) in [7, 11) is 0. The van der Waals surface area contributed by atoms with Gasteiger partial charge in [0, 0.05) is 11.9 Å². The van der Waals surface area contributed by atoms with Crippen molar-refractivity contribution in [1.82, 2.24) is 15.8 Å². The number of amides is 2. The van der Waals surface area contributed by atoms with E-state index in [4.69, 9.17) is 4.52 Å². The van der Waals surface area contributed by atoms with Gasteiger partial charge in [-0.15, -0.1) is 0 Å². The predicted octanol–water partition coefficient (Wildman–Crippen LogP) is 1.16. The van der Waals surface area contributed by atoms with E-state index in [2.05, 4.69) is 15.8 Å². The summed E-state index contributed by atoms with van der Waals surface area (Å²) in [6.45, 7) is 0.680. The fraction of sp³-hybridized carbons (Fsp3) is 0.400. The third-order valence-corrected chi connectivity index (χ3v) is 3.65. The molecule has 6 heteroatoms. The minimum Gasteiger partial charge on any atom is -0.356 e. The highest BCUT2D eigenvalue weighted by Gasteiger charge is 2.23. The Hall–Kier alpha value is -2.37. The van der Waals surface area contributed by atoms with Crippen LogP contribution in [0.25, 0.3) is 11.0 Å². The van der Waals surface area contributed by atoms with Crippen molar-refractivity contribution in [2.45, 2.75) is 31.7 Å². The molecule has 1 aliphatic heterocycles. The van der Waals surface area contributed by atoms with Gasteiger partial charge in [0.05, 0.1) is 6.42 Å². The molecule has 1 aromatic heterocycles. The predicted molar refractivity (Wildman–Crippen MR) is 76.5 cm³/mol. The molecule has 21 heavy (non-hydrogen) atoms. The largest absolute Gasteiger partial charge is 0.356 e. The Labute approximate surface area is 121 Å². The lowest BCUT2D eigenvalue weighted by atomic mass is 10.1. The van der Waals surface area contributed by atoms with Gasteiger partial charge in [0.15, 0.2) is 5.58 Å². The number of hydrogen-bond donors (Lipinski definition) is 2. The third-order valence-electron chi connectivity index (χ3n) is 3.65. The summed E-state index contributed by atoms with van der Waals surface area (Å²) < 4.78 is 5.17. The van der Waals surface area contributed by atoms with Gasteiger partial charge in [0.25, 0.3) is 0 Å². The van der Waals surface area contributed by atoms with E-state index < -0.39 is 6.04 Å². The van der Waals surface area contributed by atoms with Crippen LogP contribution in [-0.2, 0) is 16.0 Å². The van der Waals surface area contributed by atoms with E-state index in [1.54, 1.807) is 0 Å². The molecular weight excluding hydrogens is 270 g/mol. The molecule has 0 spiro atoms. The number of rotatable bonds is 3. The molecule has 0 bridgehead atoms. The molecule has 2 N–H and O–H groups in total. The van der Waals surface area contributed by atoms with E-state index in [0.717, 1.165) is 18.2 Å². The van der Waals surface area contributed by atoms with Gasteiger partial charge in [-0.2, -0.15) is 0 Å². The van der Waals surface area contributed by atoms with Gasteiger partial charge >= 0.3 is 0 Å². The van der Waals surface area contributed by atoms with Crippen molar-refractivity contribution in [1.29, 1.82) is 0 Å². The molecule has 2 amide bonds. The molecule has 0 radical (unpaired) electrons. The van der Waals surface area contributed by atoms with Gasteiger partial charge in [0.1, 0.15) is 11.7 Å². The van der Waals surface area contributed by atoms with Crippen molar-refractivity contribution in [3.63, 3.8) is 0 Å². The zero-order chi connectivity index (χ0) is 14.7. The molecule has 1 saturated heterocycles. The highest BCUT2D eigenvalue weighted by Crippen LogP contribution is 2.18. The molecule has 0 unspecified atom stereocenters. The second kappa shape index (κ2) is 5.95. The lowest BCUT2D eigenvalue weighted by Crippen LogP contribution is -2.46. The number of aromatic nitrogens is 1. The van der Waals surface area contributed by atoms with Crippen molar-refractivity contribution < 1.29 is 14.1 Å². The first-order valence-corrected chi connectivity index (χ1v) is 7.14. The summed E-state index contributed by atoms with van der Waals surface area (Å²) in [4.78, 5) is 23.9. The summed E-state index contributed by atoms with van der Waals surface area (Å²) in [5.41, 5.74) is 1.25. The maximum atomic E-state index is 12.1. The fourth-order valence-electron chi connectivity index (χ4n) is 2.54. The van der Waals surface area contributed by atoms with Crippen LogP contribution in [-0.4, -0.2) is 29.6 Å². The van der Waals surface area contributed by atoms with Crippen molar-refractivity contribution in [2.24, 2.45) is 0 Å². The smallest absolute Gasteiger partial charge is 0.242 e. The van der Waals surface area contributed by atoms with E-state index in [1.165, 1.54) is 0 Å². The Morgan fingerprint density at radius 2 is 2.24 bits per heavy atom. The number of fused-ring (bicyclic) bond motifs is 1. The molecule has 0 aliphatic carbocycles. The second-order valence-corrected chi connectivity index (χ2v) is 5.21. The molecule has 110 valence electrons. The number of nitrogens with zero attached hydrogens (tertiary/aromatic N) is 1. The Balaban J connectivity index is 1.67. The molecule has 3 rings (SSSR count). The molecule has 1 aliphatic rings. The summed E-state index contributed by atoms with van der Waals surface area (Å²) in [6.07, 6.45) is 2.67. The Kier molecular flexibility index (Phi) is 3.85. The first-order valence-electron chi connectivity index (χ1n) is 7.14. The molecule has 6 nitrogen and oxygen atoms in total. The number of carbonyl (C=O) groups is 2. The van der Waals surface area contributed by atoms with Gasteiger partial charge in [-0.05, 0) is 31.4 Å². The molecule has 1 aromatic carbocycles. The molecule has 2 aromatic rings. The standard InChI is InChI=1S/C15H17N3O3/c19-14(17-11-6-3-4-8-16-15(11)20)9-12-10-5-1-2-7-13(10)21-18-12/h1-2,5,7,11H,3-4,6,8-9H2,(H,16,20)(H,17,19)/t11-/m0/s1. The topological polar surface area (TPSA) is 84.2 Å². The summed E-state index contributed by atoms with van der Waals surface area (Å²) in [6, 6.07) is 6.96. The number of para-hydroxylation sites is 1. The fourth-order valence-corrected chi connectivity index (χ4v) is 2.54. The Morgan fingerprint density at radius 1 is 1.38 bits per heavy atom. The van der Waals surface area contributed by atoms with Gasteiger partial charge in [0.2, 0.25) is 11.8 Å². The maximum Gasteiger partial charge on any atom is 0.242 e. The van der Waals surface area contributed by atoms with Crippen LogP contribution < -0.4 is 10.6 Å². The number of benzene rings is 1. The molecular formula is C15H17N3O3. The van der Waals surface area contributed by atoms with Crippen molar-refractivity contribution >= 4 is 22.8 Å². The molecule has 2 heterocycles. The van der Waals surface area contributed by atoms with E-state index in [9.17, 15) is 9.59 Å². The third kappa shape index (κ3) is 3.04. The monoisotopic (exact) mass is 287 g/mol. The minimum absolute atomic E-state index is 0.106. The van der Waals surface area contributed by atoms with Crippen LogP contribution in [0.15, 0.2) is 28.8 Å².